The van der Waals surface area contributed by atoms with E-state index in [-0.39, 0.29) is 0 Å². The number of nitrogen functional groups attached to an aromatic ring is 1. The van der Waals surface area contributed by atoms with Crippen LogP contribution in [-0.2, 0) is 0 Å². The predicted molar refractivity (Wildman–Crippen MR) is 53.4 cm³/mol. The third-order valence-corrected chi connectivity index (χ3v) is 1.56. The van der Waals surface area contributed by atoms with Gasteiger partial charge < -0.3 is 5.73 Å². The summed E-state index contributed by atoms with van der Waals surface area (Å²) in [5.41, 5.74) is 8.57. The van der Waals surface area contributed by atoms with E-state index < -0.39 is 0 Å². The normalized spacial score (nSPS) is 10.4. The zero-order chi connectivity index (χ0) is 8.97. The Bertz CT molecular complexity index is 314. The summed E-state index contributed by atoms with van der Waals surface area (Å²) in [5, 5.41) is 0. The summed E-state index contributed by atoms with van der Waals surface area (Å²) < 4.78 is 0. The number of rotatable bonds is 2. The van der Waals surface area contributed by atoms with Crippen molar-refractivity contribution in [3.63, 3.8) is 0 Å². The molecule has 0 saturated heterocycles. The van der Waals surface area contributed by atoms with Gasteiger partial charge in [-0.05, 0) is 18.6 Å². The first-order valence-corrected chi connectivity index (χ1v) is 3.74. The molecule has 0 aliphatic carbocycles. The van der Waals surface area contributed by atoms with Crippen molar-refractivity contribution >= 4 is 11.9 Å². The summed E-state index contributed by atoms with van der Waals surface area (Å²) in [7, 11) is 0. The molecule has 0 heterocycles. The molecule has 0 atom stereocenters. The highest BCUT2D eigenvalue weighted by Crippen LogP contribution is 2.11. The monoisotopic (exact) mass is 160 g/mol. The van der Waals surface area contributed by atoms with Gasteiger partial charge in [-0.3, -0.25) is 4.99 Å². The molecule has 0 saturated carbocycles. The zero-order valence-corrected chi connectivity index (χ0v) is 7.12. The van der Waals surface area contributed by atoms with Crippen LogP contribution in [0.2, 0.25) is 0 Å². The maximum absolute atomic E-state index is 5.74. The Morgan fingerprint density at radius 2 is 2.25 bits per heavy atom. The van der Waals surface area contributed by atoms with Crippen LogP contribution >= 0.6 is 0 Å². The van der Waals surface area contributed by atoms with Crippen LogP contribution in [-0.4, -0.2) is 6.21 Å². The number of hydrogen-bond donors (Lipinski definition) is 1. The van der Waals surface area contributed by atoms with Crippen LogP contribution < -0.4 is 5.73 Å². The molecule has 0 fully saturated rings. The molecule has 1 aromatic rings. The van der Waals surface area contributed by atoms with Crippen LogP contribution in [0.3, 0.4) is 0 Å². The molecule has 12 heavy (non-hydrogen) atoms. The lowest BCUT2D eigenvalue weighted by Crippen LogP contribution is -1.92. The number of nitrogens with two attached hydrogens (primary N) is 1. The molecule has 0 aromatic heterocycles. The molecule has 0 unspecified atom stereocenters. The van der Waals surface area contributed by atoms with Crippen LogP contribution in [0.5, 0.6) is 0 Å². The molecule has 0 bridgehead atoms. The van der Waals surface area contributed by atoms with Gasteiger partial charge in [0.15, 0.2) is 0 Å². The first kappa shape index (κ1) is 8.53. The van der Waals surface area contributed by atoms with Gasteiger partial charge in [0.2, 0.25) is 0 Å². The number of anilines is 1. The highest BCUT2D eigenvalue weighted by molar-refractivity contribution is 5.87. The Balaban J connectivity index is 3.01. The van der Waals surface area contributed by atoms with Gasteiger partial charge >= 0.3 is 0 Å². The fraction of sp³-hybridized carbons (Fsp3) is 0.100. The Kier molecular flexibility index (Phi) is 2.64. The van der Waals surface area contributed by atoms with Crippen molar-refractivity contribution < 1.29 is 0 Å². The molecule has 62 valence electrons. The fourth-order valence-corrected chi connectivity index (χ4v) is 0.945. The van der Waals surface area contributed by atoms with Crippen LogP contribution in [0.25, 0.3) is 0 Å². The van der Waals surface area contributed by atoms with Crippen molar-refractivity contribution in [2.45, 2.75) is 6.92 Å². The van der Waals surface area contributed by atoms with E-state index in [1.54, 1.807) is 6.21 Å². The van der Waals surface area contributed by atoms with E-state index in [9.17, 15) is 0 Å². The quantitative estimate of drug-likeness (QED) is 0.522. The first-order valence-electron chi connectivity index (χ1n) is 3.74. The molecule has 1 rings (SSSR count). The number of aryl methyl sites for hydroxylation is 1. The molecule has 2 N–H and O–H groups in total. The molecule has 0 aliphatic rings. The van der Waals surface area contributed by atoms with Crippen LogP contribution in [0.15, 0.2) is 36.0 Å². The molecular formula is C10H12N2. The lowest BCUT2D eigenvalue weighted by Gasteiger charge is -1.99. The third-order valence-electron chi connectivity index (χ3n) is 1.56. The first-order chi connectivity index (χ1) is 5.74. The van der Waals surface area contributed by atoms with E-state index in [0.717, 1.165) is 16.8 Å². The van der Waals surface area contributed by atoms with Crippen molar-refractivity contribution in [3.05, 3.63) is 42.1 Å². The van der Waals surface area contributed by atoms with Gasteiger partial charge in [0.25, 0.3) is 0 Å². The minimum absolute atomic E-state index is 0.751. The van der Waals surface area contributed by atoms with Crippen LogP contribution in [0.1, 0.15) is 11.1 Å². The summed E-state index contributed by atoms with van der Waals surface area (Å²) in [6.45, 7) is 5.49. The largest absolute Gasteiger partial charge is 0.398 e. The van der Waals surface area contributed by atoms with Gasteiger partial charge in [-0.1, -0.05) is 18.7 Å². The van der Waals surface area contributed by atoms with E-state index in [4.69, 9.17) is 5.73 Å². The van der Waals surface area contributed by atoms with Gasteiger partial charge in [-0.15, -0.1) is 0 Å². The molecule has 0 amide bonds. The summed E-state index contributed by atoms with van der Waals surface area (Å²) >= 11 is 0. The minimum atomic E-state index is 0.751. The lowest BCUT2D eigenvalue weighted by atomic mass is 10.1. The van der Waals surface area contributed by atoms with Crippen molar-refractivity contribution in [2.75, 3.05) is 5.73 Å². The Labute approximate surface area is 72.4 Å². The van der Waals surface area contributed by atoms with Crippen LogP contribution in [0, 0.1) is 6.92 Å². The maximum Gasteiger partial charge on any atom is 0.0405 e. The topological polar surface area (TPSA) is 38.4 Å². The lowest BCUT2D eigenvalue weighted by molar-refractivity contribution is 1.46. The Morgan fingerprint density at radius 3 is 2.83 bits per heavy atom. The average molecular weight is 160 g/mol. The second kappa shape index (κ2) is 3.72. The molecule has 1 aromatic carbocycles. The maximum atomic E-state index is 5.74. The number of hydrogen-bond acceptors (Lipinski definition) is 2. The van der Waals surface area contributed by atoms with Gasteiger partial charge in [-0.25, -0.2) is 0 Å². The van der Waals surface area contributed by atoms with E-state index in [1.165, 1.54) is 6.20 Å². The molecule has 0 aliphatic heterocycles. The van der Waals surface area contributed by atoms with Crippen molar-refractivity contribution in [1.29, 1.82) is 0 Å². The van der Waals surface area contributed by atoms with Crippen molar-refractivity contribution in [1.82, 2.24) is 0 Å². The summed E-state index contributed by atoms with van der Waals surface area (Å²) in [6, 6.07) is 5.86. The van der Waals surface area contributed by atoms with E-state index in [0.29, 0.717) is 0 Å². The predicted octanol–water partition coefficient (Wildman–Crippen LogP) is 2.14. The highest BCUT2D eigenvalue weighted by Gasteiger charge is 1.93. The summed E-state index contributed by atoms with van der Waals surface area (Å²) in [6.07, 6.45) is 3.18. The van der Waals surface area contributed by atoms with E-state index in [1.807, 2.05) is 25.1 Å². The average Bonchev–Trinajstić information content (AvgIpc) is 2.03. The fourth-order valence-electron chi connectivity index (χ4n) is 0.945. The highest BCUT2D eigenvalue weighted by atomic mass is 14.7. The standard InChI is InChI=1S/C10H12N2/c1-3-12-7-9-5-4-8(2)6-10(9)11/h3-7H,1,11H2,2H3/b12-7-. The summed E-state index contributed by atoms with van der Waals surface area (Å²) in [4.78, 5) is 3.89. The molecule has 0 spiro atoms. The smallest absolute Gasteiger partial charge is 0.0405 e. The Morgan fingerprint density at radius 1 is 1.50 bits per heavy atom. The van der Waals surface area contributed by atoms with E-state index >= 15 is 0 Å². The minimum Gasteiger partial charge on any atom is -0.398 e. The van der Waals surface area contributed by atoms with Gasteiger partial charge in [0, 0.05) is 23.7 Å². The van der Waals surface area contributed by atoms with E-state index in [2.05, 4.69) is 11.6 Å². The second-order valence-corrected chi connectivity index (χ2v) is 2.59. The van der Waals surface area contributed by atoms with Crippen molar-refractivity contribution in [3.8, 4) is 0 Å². The van der Waals surface area contributed by atoms with Crippen molar-refractivity contribution in [2.24, 2.45) is 4.99 Å². The van der Waals surface area contributed by atoms with Crippen LogP contribution in [0.4, 0.5) is 5.69 Å². The molecular weight excluding hydrogens is 148 g/mol. The van der Waals surface area contributed by atoms with Gasteiger partial charge in [0.1, 0.15) is 0 Å². The third kappa shape index (κ3) is 1.95. The SMILES string of the molecule is C=C/N=C\c1ccc(C)cc1N. The number of benzene rings is 1. The second-order valence-electron chi connectivity index (χ2n) is 2.59. The molecule has 2 heteroatoms. The molecule has 2 nitrogen and oxygen atoms in total. The number of aliphatic imine (C=N–C) groups is 1. The Hall–Kier alpha value is -1.57. The molecule has 0 radical (unpaired) electrons. The van der Waals surface area contributed by atoms with Gasteiger partial charge in [0.05, 0.1) is 0 Å². The van der Waals surface area contributed by atoms with Gasteiger partial charge in [-0.2, -0.15) is 0 Å². The zero-order valence-electron chi connectivity index (χ0n) is 7.12. The number of nitrogens with zero attached hydrogens (tertiary/aromatic N) is 1. The summed E-state index contributed by atoms with van der Waals surface area (Å²) in [5.74, 6) is 0.